The number of carbonyl (C=O) groups is 1. The molecule has 2 aliphatic rings. The zero-order valence-electron chi connectivity index (χ0n) is 15.3. The van der Waals surface area contributed by atoms with Crippen LogP contribution >= 0.6 is 0 Å². The van der Waals surface area contributed by atoms with Crippen LogP contribution in [0.1, 0.15) is 34.7 Å². The zero-order valence-corrected chi connectivity index (χ0v) is 15.3. The third-order valence-electron chi connectivity index (χ3n) is 5.38. The maximum atomic E-state index is 13.0. The fourth-order valence-corrected chi connectivity index (χ4v) is 4.01. The Bertz CT molecular complexity index is 1040. The van der Waals surface area contributed by atoms with Crippen molar-refractivity contribution >= 4 is 5.91 Å². The van der Waals surface area contributed by atoms with Crippen molar-refractivity contribution in [2.24, 2.45) is 0 Å². The van der Waals surface area contributed by atoms with Crippen molar-refractivity contribution < 1.29 is 9.53 Å². The van der Waals surface area contributed by atoms with E-state index in [1.165, 1.54) is 0 Å². The van der Waals surface area contributed by atoms with Crippen molar-refractivity contribution in [3.05, 3.63) is 41.6 Å². The van der Waals surface area contributed by atoms with Crippen LogP contribution in [0.15, 0.2) is 24.5 Å². The summed E-state index contributed by atoms with van der Waals surface area (Å²) < 4.78 is 9.25. The topological polar surface area (TPSA) is 78.1 Å². The molecule has 1 aromatic carbocycles. The number of amides is 1. The van der Waals surface area contributed by atoms with E-state index in [0.29, 0.717) is 12.2 Å². The van der Waals surface area contributed by atoms with Crippen molar-refractivity contribution in [2.45, 2.75) is 26.3 Å². The standard InChI is InChI=1S/C19H20N6O2/c1-12-18-14-9-13(27-2)5-6-15(14)24-11-20-17(16(24)10-25(18)22-21-12)19(26)23-7-3-4-8-23/h5-6,9,11H,3-4,7-8,10H2,1-2H3. The number of fused-ring (bicyclic) bond motifs is 5. The second kappa shape index (κ2) is 5.94. The van der Waals surface area contributed by atoms with Gasteiger partial charge in [0.1, 0.15) is 12.1 Å². The first kappa shape index (κ1) is 16.0. The van der Waals surface area contributed by atoms with Gasteiger partial charge in [0.25, 0.3) is 5.91 Å². The van der Waals surface area contributed by atoms with E-state index in [1.807, 2.05) is 39.3 Å². The zero-order chi connectivity index (χ0) is 18.5. The molecule has 138 valence electrons. The van der Waals surface area contributed by atoms with Crippen LogP contribution in [0, 0.1) is 6.92 Å². The Morgan fingerprint density at radius 1 is 1.22 bits per heavy atom. The third-order valence-corrected chi connectivity index (χ3v) is 5.38. The molecule has 1 saturated heterocycles. The molecule has 0 spiro atoms. The average Bonchev–Trinajstić information content (AvgIpc) is 3.41. The SMILES string of the molecule is COc1ccc2c(c1)-c1c(C)nnn1Cc1c(C(=O)N3CCCC3)ncn1-2. The molecule has 8 nitrogen and oxygen atoms in total. The summed E-state index contributed by atoms with van der Waals surface area (Å²) in [5.41, 5.74) is 5.03. The van der Waals surface area contributed by atoms with Crippen molar-refractivity contribution in [2.75, 3.05) is 20.2 Å². The van der Waals surface area contributed by atoms with Gasteiger partial charge in [0.2, 0.25) is 0 Å². The molecule has 0 radical (unpaired) electrons. The lowest BCUT2D eigenvalue weighted by Gasteiger charge is -2.15. The summed E-state index contributed by atoms with van der Waals surface area (Å²) in [4.78, 5) is 19.4. The molecule has 3 aromatic rings. The van der Waals surface area contributed by atoms with Gasteiger partial charge in [-0.2, -0.15) is 0 Å². The van der Waals surface area contributed by atoms with Crippen LogP contribution in [0.4, 0.5) is 0 Å². The summed E-state index contributed by atoms with van der Waals surface area (Å²) in [5, 5.41) is 8.56. The Morgan fingerprint density at radius 2 is 2.04 bits per heavy atom. The van der Waals surface area contributed by atoms with Gasteiger partial charge in [0.05, 0.1) is 36.4 Å². The second-order valence-corrected chi connectivity index (χ2v) is 6.97. The first-order valence-electron chi connectivity index (χ1n) is 9.11. The summed E-state index contributed by atoms with van der Waals surface area (Å²) in [6, 6.07) is 5.89. The Morgan fingerprint density at radius 3 is 2.81 bits per heavy atom. The molecule has 8 heteroatoms. The largest absolute Gasteiger partial charge is 0.497 e. The van der Waals surface area contributed by atoms with Crippen molar-refractivity contribution in [1.29, 1.82) is 0 Å². The predicted octanol–water partition coefficient (Wildman–Crippen LogP) is 2.05. The number of rotatable bonds is 2. The van der Waals surface area contributed by atoms with Gasteiger partial charge < -0.3 is 9.64 Å². The summed E-state index contributed by atoms with van der Waals surface area (Å²) in [6.07, 6.45) is 3.84. The molecular weight excluding hydrogens is 344 g/mol. The highest BCUT2D eigenvalue weighted by Crippen LogP contribution is 2.36. The molecule has 0 bridgehead atoms. The molecule has 0 aliphatic carbocycles. The molecule has 27 heavy (non-hydrogen) atoms. The van der Waals surface area contributed by atoms with Gasteiger partial charge in [0, 0.05) is 18.7 Å². The van der Waals surface area contributed by atoms with Gasteiger partial charge in [-0.1, -0.05) is 5.21 Å². The van der Waals surface area contributed by atoms with Crippen LogP contribution in [-0.4, -0.2) is 55.6 Å². The lowest BCUT2D eigenvalue weighted by molar-refractivity contribution is 0.0786. The first-order valence-corrected chi connectivity index (χ1v) is 9.11. The first-order chi connectivity index (χ1) is 13.2. The fourth-order valence-electron chi connectivity index (χ4n) is 4.01. The Labute approximate surface area is 156 Å². The van der Waals surface area contributed by atoms with E-state index in [0.717, 1.165) is 60.0 Å². The third kappa shape index (κ3) is 2.36. The van der Waals surface area contributed by atoms with Gasteiger partial charge in [0.15, 0.2) is 5.69 Å². The molecule has 2 aliphatic heterocycles. The monoisotopic (exact) mass is 364 g/mol. The molecular formula is C19H20N6O2. The smallest absolute Gasteiger partial charge is 0.274 e. The van der Waals surface area contributed by atoms with Crippen LogP contribution in [0.3, 0.4) is 0 Å². The highest BCUT2D eigenvalue weighted by atomic mass is 16.5. The maximum absolute atomic E-state index is 13.0. The molecule has 1 fully saturated rings. The molecule has 1 amide bonds. The summed E-state index contributed by atoms with van der Waals surface area (Å²) in [6.45, 7) is 3.98. The van der Waals surface area contributed by atoms with Gasteiger partial charge in [-0.15, -0.1) is 5.10 Å². The van der Waals surface area contributed by atoms with E-state index in [2.05, 4.69) is 15.3 Å². The maximum Gasteiger partial charge on any atom is 0.274 e. The van der Waals surface area contributed by atoms with Gasteiger partial charge in [-0.3, -0.25) is 9.36 Å². The summed E-state index contributed by atoms with van der Waals surface area (Å²) in [7, 11) is 1.65. The average molecular weight is 364 g/mol. The van der Waals surface area contributed by atoms with E-state index in [9.17, 15) is 4.79 Å². The normalized spacial score (nSPS) is 15.1. The fraction of sp³-hybridized carbons (Fsp3) is 0.368. The molecule has 4 heterocycles. The van der Waals surface area contributed by atoms with E-state index < -0.39 is 0 Å². The van der Waals surface area contributed by atoms with E-state index >= 15 is 0 Å². The number of aromatic nitrogens is 5. The lowest BCUT2D eigenvalue weighted by Crippen LogP contribution is -2.29. The van der Waals surface area contributed by atoms with Gasteiger partial charge in [-0.25, -0.2) is 9.67 Å². The highest BCUT2D eigenvalue weighted by Gasteiger charge is 2.30. The van der Waals surface area contributed by atoms with Crippen LogP contribution in [-0.2, 0) is 6.54 Å². The van der Waals surface area contributed by atoms with Crippen molar-refractivity contribution in [1.82, 2.24) is 29.4 Å². The van der Waals surface area contributed by atoms with Gasteiger partial charge in [-0.05, 0) is 38.0 Å². The number of carbonyl (C=O) groups excluding carboxylic acids is 1. The Balaban J connectivity index is 1.71. The van der Waals surface area contributed by atoms with E-state index in [4.69, 9.17) is 4.74 Å². The number of aryl methyl sites for hydroxylation is 1. The minimum atomic E-state index is -0.00315. The number of benzene rings is 1. The van der Waals surface area contributed by atoms with Crippen molar-refractivity contribution in [3.63, 3.8) is 0 Å². The van der Waals surface area contributed by atoms with Gasteiger partial charge >= 0.3 is 0 Å². The van der Waals surface area contributed by atoms with Crippen LogP contribution < -0.4 is 4.74 Å². The highest BCUT2D eigenvalue weighted by molar-refractivity contribution is 5.94. The van der Waals surface area contributed by atoms with E-state index in [1.54, 1.807) is 13.4 Å². The molecule has 0 N–H and O–H groups in total. The number of hydrogen-bond donors (Lipinski definition) is 0. The molecule has 0 unspecified atom stereocenters. The number of methoxy groups -OCH3 is 1. The van der Waals surface area contributed by atoms with E-state index in [-0.39, 0.29) is 5.91 Å². The summed E-state index contributed by atoms with van der Waals surface area (Å²) in [5.74, 6) is 0.759. The minimum absolute atomic E-state index is 0.00315. The van der Waals surface area contributed by atoms with Crippen molar-refractivity contribution in [3.8, 4) is 22.7 Å². The number of nitrogens with zero attached hydrogens (tertiary/aromatic N) is 6. The number of hydrogen-bond acceptors (Lipinski definition) is 5. The summed E-state index contributed by atoms with van der Waals surface area (Å²) >= 11 is 0. The number of likely N-dealkylation sites (tertiary alicyclic amines) is 1. The second-order valence-electron chi connectivity index (χ2n) is 6.97. The number of imidazole rings is 1. The number of ether oxygens (including phenoxy) is 1. The Kier molecular flexibility index (Phi) is 3.53. The molecule has 0 saturated carbocycles. The molecule has 2 aromatic heterocycles. The predicted molar refractivity (Wildman–Crippen MR) is 98.1 cm³/mol. The lowest BCUT2D eigenvalue weighted by atomic mass is 10.1. The van der Waals surface area contributed by atoms with Crippen LogP contribution in [0.2, 0.25) is 0 Å². The van der Waals surface area contributed by atoms with Crippen LogP contribution in [0.5, 0.6) is 5.75 Å². The Hall–Kier alpha value is -3.16. The quantitative estimate of drug-likeness (QED) is 0.544. The molecule has 0 atom stereocenters. The van der Waals surface area contributed by atoms with Crippen LogP contribution in [0.25, 0.3) is 16.9 Å². The molecule has 5 rings (SSSR count). The minimum Gasteiger partial charge on any atom is -0.497 e.